The second-order valence-electron chi connectivity index (χ2n) is 7.24. The summed E-state index contributed by atoms with van der Waals surface area (Å²) < 4.78 is 5.84. The molecule has 0 aliphatic heterocycles. The maximum absolute atomic E-state index is 11.0. The van der Waals surface area contributed by atoms with Gasteiger partial charge in [0.2, 0.25) is 0 Å². The Morgan fingerprint density at radius 3 is 2.05 bits per heavy atom. The molecule has 4 atom stereocenters. The van der Waals surface area contributed by atoms with Gasteiger partial charge in [0, 0.05) is 11.8 Å². The Bertz CT molecular complexity index is 337. The third kappa shape index (κ3) is 3.42. The highest BCUT2D eigenvalue weighted by Gasteiger charge is 2.59. The molecule has 4 nitrogen and oxygen atoms in total. The number of hydrogen-bond acceptors (Lipinski definition) is 4. The smallest absolute Gasteiger partial charge is 0.116 e. The Labute approximate surface area is 122 Å². The molecule has 3 N–H and O–H groups in total. The fourth-order valence-electron chi connectivity index (χ4n) is 3.29. The molecule has 0 aromatic carbocycles. The summed E-state index contributed by atoms with van der Waals surface area (Å²) in [6.45, 7) is 11.0. The van der Waals surface area contributed by atoms with Crippen molar-refractivity contribution in [1.29, 1.82) is 0 Å². The minimum absolute atomic E-state index is 0.0831. The van der Waals surface area contributed by atoms with Crippen LogP contribution in [0.25, 0.3) is 0 Å². The highest BCUT2D eigenvalue weighted by molar-refractivity contribution is 5.21. The molecular formula is C16H30O4. The molecular weight excluding hydrogens is 256 g/mol. The lowest BCUT2D eigenvalue weighted by molar-refractivity contribution is -0.227. The van der Waals surface area contributed by atoms with Crippen LogP contribution in [0.15, 0.2) is 12.2 Å². The zero-order chi connectivity index (χ0) is 15.8. The number of ether oxygens (including phenoxy) is 1. The van der Waals surface area contributed by atoms with Gasteiger partial charge in [-0.1, -0.05) is 26.0 Å². The van der Waals surface area contributed by atoms with E-state index in [4.69, 9.17) is 4.74 Å². The zero-order valence-electron chi connectivity index (χ0n) is 13.6. The van der Waals surface area contributed by atoms with E-state index in [1.165, 1.54) is 6.08 Å². The SMILES string of the molecule is CC(O)C=CC1(O)C(C)(C)CC(OC(C)C)CC1(C)O. The van der Waals surface area contributed by atoms with Gasteiger partial charge in [-0.3, -0.25) is 0 Å². The summed E-state index contributed by atoms with van der Waals surface area (Å²) in [4.78, 5) is 0. The molecule has 0 bridgehead atoms. The van der Waals surface area contributed by atoms with Gasteiger partial charge in [0.05, 0.1) is 23.9 Å². The molecule has 20 heavy (non-hydrogen) atoms. The van der Waals surface area contributed by atoms with E-state index >= 15 is 0 Å². The molecule has 0 saturated heterocycles. The van der Waals surface area contributed by atoms with Gasteiger partial charge >= 0.3 is 0 Å². The van der Waals surface area contributed by atoms with E-state index in [9.17, 15) is 15.3 Å². The van der Waals surface area contributed by atoms with Crippen LogP contribution in [-0.2, 0) is 4.74 Å². The molecule has 118 valence electrons. The molecule has 1 aliphatic rings. The molecule has 0 radical (unpaired) electrons. The molecule has 0 heterocycles. The van der Waals surface area contributed by atoms with Crippen molar-refractivity contribution in [2.75, 3.05) is 0 Å². The van der Waals surface area contributed by atoms with Gasteiger partial charge in [-0.15, -0.1) is 0 Å². The molecule has 4 unspecified atom stereocenters. The Hall–Kier alpha value is -0.420. The van der Waals surface area contributed by atoms with Gasteiger partial charge in [-0.2, -0.15) is 0 Å². The third-order valence-electron chi connectivity index (χ3n) is 4.30. The van der Waals surface area contributed by atoms with Crippen LogP contribution < -0.4 is 0 Å². The molecule has 0 spiro atoms. The zero-order valence-corrected chi connectivity index (χ0v) is 13.6. The van der Waals surface area contributed by atoms with E-state index in [0.29, 0.717) is 12.8 Å². The van der Waals surface area contributed by atoms with E-state index in [0.717, 1.165) is 0 Å². The minimum Gasteiger partial charge on any atom is -0.389 e. The van der Waals surface area contributed by atoms with Crippen molar-refractivity contribution in [2.24, 2.45) is 5.41 Å². The molecule has 1 saturated carbocycles. The van der Waals surface area contributed by atoms with E-state index in [-0.39, 0.29) is 12.2 Å². The lowest BCUT2D eigenvalue weighted by Gasteiger charge is -2.55. The maximum atomic E-state index is 11.0. The lowest BCUT2D eigenvalue weighted by atomic mass is 9.57. The summed E-state index contributed by atoms with van der Waals surface area (Å²) in [7, 11) is 0. The van der Waals surface area contributed by atoms with Gasteiger partial charge in [0.1, 0.15) is 5.60 Å². The first-order chi connectivity index (χ1) is 8.91. The standard InChI is InChI=1S/C16H30O4/c1-11(2)20-13-9-14(4,5)16(19,8-7-12(3)17)15(6,18)10-13/h7-8,11-13,17-19H,9-10H2,1-6H3. The minimum atomic E-state index is -1.40. The van der Waals surface area contributed by atoms with E-state index in [1.54, 1.807) is 19.9 Å². The Kier molecular flexibility index (Phi) is 5.08. The summed E-state index contributed by atoms with van der Waals surface area (Å²) in [5.41, 5.74) is -3.26. The van der Waals surface area contributed by atoms with Crippen molar-refractivity contribution < 1.29 is 20.1 Å². The number of aliphatic hydroxyl groups excluding tert-OH is 1. The van der Waals surface area contributed by atoms with E-state index in [1.807, 2.05) is 27.7 Å². The highest BCUT2D eigenvalue weighted by atomic mass is 16.5. The van der Waals surface area contributed by atoms with Crippen molar-refractivity contribution in [3.63, 3.8) is 0 Å². The van der Waals surface area contributed by atoms with Gasteiger partial charge in [0.25, 0.3) is 0 Å². The molecule has 0 amide bonds. The first-order valence-corrected chi connectivity index (χ1v) is 7.39. The average molecular weight is 286 g/mol. The van der Waals surface area contributed by atoms with Crippen molar-refractivity contribution in [3.8, 4) is 0 Å². The Morgan fingerprint density at radius 1 is 1.10 bits per heavy atom. The summed E-state index contributed by atoms with van der Waals surface area (Å²) in [6, 6.07) is 0. The topological polar surface area (TPSA) is 69.9 Å². The van der Waals surface area contributed by atoms with Crippen LogP contribution in [0.2, 0.25) is 0 Å². The van der Waals surface area contributed by atoms with E-state index < -0.39 is 22.7 Å². The predicted octanol–water partition coefficient (Wildman–Crippen LogP) is 2.02. The fraction of sp³-hybridized carbons (Fsp3) is 0.875. The van der Waals surface area contributed by atoms with Crippen molar-refractivity contribution in [3.05, 3.63) is 12.2 Å². The summed E-state index contributed by atoms with van der Waals surface area (Å²) in [6.07, 6.45) is 3.45. The van der Waals surface area contributed by atoms with Crippen LogP contribution >= 0.6 is 0 Å². The van der Waals surface area contributed by atoms with Crippen LogP contribution in [0, 0.1) is 5.41 Å². The van der Waals surface area contributed by atoms with Crippen LogP contribution in [0.3, 0.4) is 0 Å². The highest BCUT2D eigenvalue weighted by Crippen LogP contribution is 2.51. The average Bonchev–Trinajstić information content (AvgIpc) is 2.21. The van der Waals surface area contributed by atoms with Crippen molar-refractivity contribution in [2.45, 2.75) is 83.9 Å². The molecule has 1 fully saturated rings. The first-order valence-electron chi connectivity index (χ1n) is 7.39. The maximum Gasteiger partial charge on any atom is 0.116 e. The van der Waals surface area contributed by atoms with Gasteiger partial charge in [0.15, 0.2) is 0 Å². The number of hydrogen-bond donors (Lipinski definition) is 3. The largest absolute Gasteiger partial charge is 0.389 e. The Balaban J connectivity index is 3.08. The summed E-state index contributed by atoms with van der Waals surface area (Å²) in [5.74, 6) is 0. The van der Waals surface area contributed by atoms with Crippen LogP contribution in [0.5, 0.6) is 0 Å². The van der Waals surface area contributed by atoms with Crippen molar-refractivity contribution in [1.82, 2.24) is 0 Å². The lowest BCUT2D eigenvalue weighted by Crippen LogP contribution is -2.65. The fourth-order valence-corrected chi connectivity index (χ4v) is 3.29. The number of rotatable bonds is 4. The van der Waals surface area contributed by atoms with Crippen LogP contribution in [0.1, 0.15) is 54.4 Å². The normalized spacial score (nSPS) is 39.4. The molecule has 1 rings (SSSR count). The second-order valence-corrected chi connectivity index (χ2v) is 7.24. The number of aliphatic hydroxyl groups is 3. The molecule has 0 aromatic heterocycles. The summed E-state index contributed by atoms with van der Waals surface area (Å²) in [5, 5.41) is 31.2. The van der Waals surface area contributed by atoms with Crippen LogP contribution in [-0.4, -0.2) is 44.8 Å². The van der Waals surface area contributed by atoms with Gasteiger partial charge in [-0.05, 0) is 34.1 Å². The third-order valence-corrected chi connectivity index (χ3v) is 4.30. The predicted molar refractivity (Wildman–Crippen MR) is 79.4 cm³/mol. The quantitative estimate of drug-likeness (QED) is 0.692. The van der Waals surface area contributed by atoms with Gasteiger partial charge < -0.3 is 20.1 Å². The molecule has 4 heteroatoms. The Morgan fingerprint density at radius 2 is 1.65 bits per heavy atom. The molecule has 1 aliphatic carbocycles. The first kappa shape index (κ1) is 17.6. The second kappa shape index (κ2) is 5.76. The van der Waals surface area contributed by atoms with Crippen LogP contribution in [0.4, 0.5) is 0 Å². The van der Waals surface area contributed by atoms with Gasteiger partial charge in [-0.25, -0.2) is 0 Å². The van der Waals surface area contributed by atoms with E-state index in [2.05, 4.69) is 0 Å². The monoisotopic (exact) mass is 286 g/mol. The van der Waals surface area contributed by atoms with Crippen molar-refractivity contribution >= 4 is 0 Å². The molecule has 0 aromatic rings. The summed E-state index contributed by atoms with van der Waals surface area (Å²) >= 11 is 0.